The molecule has 0 amide bonds. The van der Waals surface area contributed by atoms with Crippen LogP contribution in [0, 0.1) is 18.8 Å². The molecular formula is C16H27N3. The summed E-state index contributed by atoms with van der Waals surface area (Å²) in [5, 5.41) is 3.58. The fourth-order valence-corrected chi connectivity index (χ4v) is 2.65. The van der Waals surface area contributed by atoms with E-state index in [-0.39, 0.29) is 0 Å². The predicted molar refractivity (Wildman–Crippen MR) is 80.1 cm³/mol. The number of nitrogens with one attached hydrogen (secondary N) is 1. The zero-order valence-corrected chi connectivity index (χ0v) is 12.5. The molecule has 1 N–H and O–H groups in total. The third kappa shape index (κ3) is 4.92. The molecule has 106 valence electrons. The molecule has 3 nitrogen and oxygen atoms in total. The van der Waals surface area contributed by atoms with Crippen LogP contribution in [0.25, 0.3) is 0 Å². The highest BCUT2D eigenvalue weighted by atomic mass is 15.1. The van der Waals surface area contributed by atoms with E-state index in [1.807, 2.05) is 13.1 Å². The number of rotatable bonds is 6. The average Bonchev–Trinajstić information content (AvgIpc) is 2.79. The van der Waals surface area contributed by atoms with Crippen LogP contribution < -0.4 is 5.32 Å². The van der Waals surface area contributed by atoms with Crippen LogP contribution in [0.2, 0.25) is 0 Å². The summed E-state index contributed by atoms with van der Waals surface area (Å²) >= 11 is 0. The molecule has 1 aliphatic heterocycles. The lowest BCUT2D eigenvalue weighted by Gasteiger charge is -2.16. The van der Waals surface area contributed by atoms with E-state index in [9.17, 15) is 0 Å². The molecule has 0 radical (unpaired) electrons. The van der Waals surface area contributed by atoms with E-state index >= 15 is 0 Å². The van der Waals surface area contributed by atoms with Crippen molar-refractivity contribution in [2.24, 2.45) is 11.8 Å². The van der Waals surface area contributed by atoms with Gasteiger partial charge in [-0.2, -0.15) is 0 Å². The fraction of sp³-hybridized carbons (Fsp3) is 0.688. The normalized spacial score (nSPS) is 20.3. The first-order valence-corrected chi connectivity index (χ1v) is 7.48. The Bertz CT molecular complexity index is 372. The number of aromatic nitrogens is 1. The maximum atomic E-state index is 4.37. The molecule has 3 heteroatoms. The van der Waals surface area contributed by atoms with Crippen molar-refractivity contribution >= 4 is 0 Å². The van der Waals surface area contributed by atoms with Crippen molar-refractivity contribution in [3.63, 3.8) is 0 Å². The molecule has 2 rings (SSSR count). The van der Waals surface area contributed by atoms with E-state index in [1.54, 1.807) is 0 Å². The lowest BCUT2D eigenvalue weighted by Crippen LogP contribution is -2.28. The molecule has 0 aromatic carbocycles. The Labute approximate surface area is 117 Å². The number of hydrogen-bond acceptors (Lipinski definition) is 3. The largest absolute Gasteiger partial charge is 0.316 e. The third-order valence-electron chi connectivity index (χ3n) is 3.73. The van der Waals surface area contributed by atoms with Crippen molar-refractivity contribution in [3.05, 3.63) is 29.6 Å². The van der Waals surface area contributed by atoms with Gasteiger partial charge in [0.25, 0.3) is 0 Å². The summed E-state index contributed by atoms with van der Waals surface area (Å²) < 4.78 is 0. The SMILES string of the molecule is Cc1ccc(CN2CCC(CNCC(C)C)C2)cn1. The number of hydrogen-bond donors (Lipinski definition) is 1. The van der Waals surface area contributed by atoms with Gasteiger partial charge in [0, 0.05) is 25.0 Å². The molecule has 0 bridgehead atoms. The molecule has 19 heavy (non-hydrogen) atoms. The first kappa shape index (κ1) is 14.5. The van der Waals surface area contributed by atoms with Gasteiger partial charge < -0.3 is 5.32 Å². The monoisotopic (exact) mass is 261 g/mol. The Morgan fingerprint density at radius 3 is 2.95 bits per heavy atom. The van der Waals surface area contributed by atoms with Crippen LogP contribution in [0.15, 0.2) is 18.3 Å². The van der Waals surface area contributed by atoms with Gasteiger partial charge in [-0.25, -0.2) is 0 Å². The third-order valence-corrected chi connectivity index (χ3v) is 3.73. The van der Waals surface area contributed by atoms with Crippen LogP contribution in [0.3, 0.4) is 0 Å². The number of likely N-dealkylation sites (tertiary alicyclic amines) is 1. The molecule has 1 fully saturated rings. The van der Waals surface area contributed by atoms with Gasteiger partial charge in [0.2, 0.25) is 0 Å². The van der Waals surface area contributed by atoms with E-state index in [2.05, 4.69) is 41.2 Å². The maximum Gasteiger partial charge on any atom is 0.0372 e. The highest BCUT2D eigenvalue weighted by Crippen LogP contribution is 2.18. The van der Waals surface area contributed by atoms with Crippen LogP contribution in [0.4, 0.5) is 0 Å². The Balaban J connectivity index is 1.71. The minimum absolute atomic E-state index is 0.746. The zero-order valence-electron chi connectivity index (χ0n) is 12.5. The quantitative estimate of drug-likeness (QED) is 0.852. The molecule has 1 atom stereocenters. The Kier molecular flexibility index (Phi) is 5.34. The molecule has 1 aromatic heterocycles. The second kappa shape index (κ2) is 7.01. The summed E-state index contributed by atoms with van der Waals surface area (Å²) in [5.41, 5.74) is 2.43. The standard InChI is InChI=1S/C16H27N3/c1-13(2)8-17-9-16-6-7-19(12-16)11-15-5-4-14(3)18-10-15/h4-5,10,13,16-17H,6-9,11-12H2,1-3H3. The smallest absolute Gasteiger partial charge is 0.0372 e. The van der Waals surface area contributed by atoms with Gasteiger partial charge in [0.15, 0.2) is 0 Å². The maximum absolute atomic E-state index is 4.37. The van der Waals surface area contributed by atoms with Crippen molar-refractivity contribution in [2.75, 3.05) is 26.2 Å². The lowest BCUT2D eigenvalue weighted by atomic mass is 10.1. The summed E-state index contributed by atoms with van der Waals surface area (Å²) in [4.78, 5) is 6.92. The summed E-state index contributed by atoms with van der Waals surface area (Å²) in [6, 6.07) is 4.31. The van der Waals surface area contributed by atoms with Crippen LogP contribution >= 0.6 is 0 Å². The van der Waals surface area contributed by atoms with Crippen molar-refractivity contribution in [3.8, 4) is 0 Å². The van der Waals surface area contributed by atoms with Gasteiger partial charge in [0.1, 0.15) is 0 Å². The second-order valence-electron chi connectivity index (χ2n) is 6.25. The summed E-state index contributed by atoms with van der Waals surface area (Å²) in [5.74, 6) is 1.56. The van der Waals surface area contributed by atoms with E-state index in [0.717, 1.165) is 30.6 Å². The Morgan fingerprint density at radius 1 is 1.42 bits per heavy atom. The fourth-order valence-electron chi connectivity index (χ4n) is 2.65. The predicted octanol–water partition coefficient (Wildman–Crippen LogP) is 2.46. The van der Waals surface area contributed by atoms with Gasteiger partial charge >= 0.3 is 0 Å². The molecular weight excluding hydrogens is 234 g/mol. The second-order valence-corrected chi connectivity index (χ2v) is 6.25. The van der Waals surface area contributed by atoms with E-state index < -0.39 is 0 Å². The number of aryl methyl sites for hydroxylation is 1. The van der Waals surface area contributed by atoms with E-state index in [1.165, 1.54) is 31.6 Å². The average molecular weight is 261 g/mol. The topological polar surface area (TPSA) is 28.2 Å². The zero-order chi connectivity index (χ0) is 13.7. The number of pyridine rings is 1. The Morgan fingerprint density at radius 2 is 2.26 bits per heavy atom. The van der Waals surface area contributed by atoms with Gasteiger partial charge in [-0.15, -0.1) is 0 Å². The molecule has 2 heterocycles. The van der Waals surface area contributed by atoms with Crippen LogP contribution in [0.1, 0.15) is 31.5 Å². The minimum atomic E-state index is 0.746. The van der Waals surface area contributed by atoms with Crippen LogP contribution in [0.5, 0.6) is 0 Å². The minimum Gasteiger partial charge on any atom is -0.316 e. The Hall–Kier alpha value is -0.930. The highest BCUT2D eigenvalue weighted by Gasteiger charge is 2.22. The van der Waals surface area contributed by atoms with Crippen molar-refractivity contribution in [2.45, 2.75) is 33.7 Å². The van der Waals surface area contributed by atoms with E-state index in [4.69, 9.17) is 0 Å². The van der Waals surface area contributed by atoms with E-state index in [0.29, 0.717) is 0 Å². The van der Waals surface area contributed by atoms with Crippen molar-refractivity contribution in [1.29, 1.82) is 0 Å². The molecule has 1 aliphatic rings. The lowest BCUT2D eigenvalue weighted by molar-refractivity contribution is 0.313. The summed E-state index contributed by atoms with van der Waals surface area (Å²) in [6.45, 7) is 12.4. The van der Waals surface area contributed by atoms with Gasteiger partial charge in [-0.05, 0) is 56.4 Å². The van der Waals surface area contributed by atoms with Gasteiger partial charge in [-0.1, -0.05) is 19.9 Å². The van der Waals surface area contributed by atoms with Crippen molar-refractivity contribution < 1.29 is 0 Å². The highest BCUT2D eigenvalue weighted by molar-refractivity contribution is 5.13. The van der Waals surface area contributed by atoms with Crippen molar-refractivity contribution in [1.82, 2.24) is 15.2 Å². The summed E-state index contributed by atoms with van der Waals surface area (Å²) in [7, 11) is 0. The molecule has 1 unspecified atom stereocenters. The number of nitrogens with zero attached hydrogens (tertiary/aromatic N) is 2. The van der Waals surface area contributed by atoms with Gasteiger partial charge in [0.05, 0.1) is 0 Å². The molecule has 1 aromatic rings. The first-order valence-electron chi connectivity index (χ1n) is 7.48. The first-order chi connectivity index (χ1) is 9.13. The molecule has 1 saturated heterocycles. The summed E-state index contributed by atoms with van der Waals surface area (Å²) in [6.07, 6.45) is 3.34. The van der Waals surface area contributed by atoms with Crippen LogP contribution in [-0.2, 0) is 6.54 Å². The molecule has 0 aliphatic carbocycles. The molecule has 0 saturated carbocycles. The van der Waals surface area contributed by atoms with Gasteiger partial charge in [-0.3, -0.25) is 9.88 Å². The van der Waals surface area contributed by atoms with Crippen LogP contribution in [-0.4, -0.2) is 36.1 Å². The molecule has 0 spiro atoms.